The first-order valence-corrected chi connectivity index (χ1v) is 3.67. The van der Waals surface area contributed by atoms with Gasteiger partial charge in [-0.3, -0.25) is 0 Å². The molecule has 1 rings (SSSR count). The monoisotopic (exact) mass is 162 g/mol. The van der Waals surface area contributed by atoms with Gasteiger partial charge in [0.15, 0.2) is 0 Å². The van der Waals surface area contributed by atoms with Crippen molar-refractivity contribution in [1.82, 2.24) is 0 Å². The molecule has 0 aliphatic rings. The van der Waals surface area contributed by atoms with Gasteiger partial charge in [-0.15, -0.1) is 0 Å². The first-order valence-electron chi connectivity index (χ1n) is 3.67. The van der Waals surface area contributed by atoms with Crippen molar-refractivity contribution in [3.63, 3.8) is 0 Å². The first-order chi connectivity index (χ1) is 5.77. The van der Waals surface area contributed by atoms with Gasteiger partial charge in [0, 0.05) is 12.3 Å². The minimum absolute atomic E-state index is 0.0921. The van der Waals surface area contributed by atoms with Crippen LogP contribution < -0.4 is 5.73 Å². The van der Waals surface area contributed by atoms with E-state index in [1.165, 1.54) is 0 Å². The Hall–Kier alpha value is -1.53. The molecule has 0 spiro atoms. The zero-order chi connectivity index (χ0) is 8.97. The summed E-state index contributed by atoms with van der Waals surface area (Å²) in [5.41, 5.74) is 7.40. The Labute approximate surface area is 71.1 Å². The van der Waals surface area contributed by atoms with Gasteiger partial charge in [-0.1, -0.05) is 6.07 Å². The lowest BCUT2D eigenvalue weighted by molar-refractivity contribution is 0.299. The van der Waals surface area contributed by atoms with Gasteiger partial charge in [-0.2, -0.15) is 5.26 Å². The largest absolute Gasteiger partial charge is 0.398 e. The maximum atomic E-state index is 8.64. The van der Waals surface area contributed by atoms with E-state index >= 15 is 0 Å². The normalized spacial score (nSPS) is 9.33. The summed E-state index contributed by atoms with van der Waals surface area (Å²) in [7, 11) is 0. The molecule has 0 heterocycles. The summed E-state index contributed by atoms with van der Waals surface area (Å²) < 4.78 is 0. The molecular formula is C9H10N2O. The molecule has 0 saturated carbocycles. The van der Waals surface area contributed by atoms with Crippen molar-refractivity contribution >= 4 is 5.69 Å². The van der Waals surface area contributed by atoms with E-state index in [-0.39, 0.29) is 6.61 Å². The minimum atomic E-state index is 0.0921. The third-order valence-electron chi connectivity index (χ3n) is 1.64. The second-order valence-electron chi connectivity index (χ2n) is 2.51. The van der Waals surface area contributed by atoms with Crippen LogP contribution in [0.25, 0.3) is 0 Å². The summed E-state index contributed by atoms with van der Waals surface area (Å²) in [5.74, 6) is 0. The fourth-order valence-corrected chi connectivity index (χ4v) is 0.985. The molecule has 0 bridgehead atoms. The van der Waals surface area contributed by atoms with Crippen LogP contribution in [0.15, 0.2) is 18.2 Å². The maximum Gasteiger partial charge on any atom is 0.101 e. The van der Waals surface area contributed by atoms with Crippen LogP contribution in [0.5, 0.6) is 0 Å². The quantitative estimate of drug-likeness (QED) is 0.628. The van der Waals surface area contributed by atoms with E-state index in [0.29, 0.717) is 17.7 Å². The molecule has 3 N–H and O–H groups in total. The van der Waals surface area contributed by atoms with Gasteiger partial charge >= 0.3 is 0 Å². The van der Waals surface area contributed by atoms with Crippen LogP contribution in [0.4, 0.5) is 5.69 Å². The zero-order valence-corrected chi connectivity index (χ0v) is 6.62. The molecule has 0 aliphatic heterocycles. The number of rotatable bonds is 2. The van der Waals surface area contributed by atoms with E-state index in [9.17, 15) is 0 Å². The van der Waals surface area contributed by atoms with E-state index in [4.69, 9.17) is 16.1 Å². The summed E-state index contributed by atoms with van der Waals surface area (Å²) in [4.78, 5) is 0. The van der Waals surface area contributed by atoms with E-state index < -0.39 is 0 Å². The molecule has 62 valence electrons. The van der Waals surface area contributed by atoms with Crippen LogP contribution in [0.2, 0.25) is 0 Å². The van der Waals surface area contributed by atoms with Crippen LogP contribution in [-0.4, -0.2) is 11.7 Å². The van der Waals surface area contributed by atoms with Gasteiger partial charge in [0.2, 0.25) is 0 Å². The molecular weight excluding hydrogens is 152 g/mol. The SMILES string of the molecule is N#Cc1cc(CCO)ccc1N. The molecule has 0 amide bonds. The number of nitrogens with two attached hydrogens (primary N) is 1. The highest BCUT2D eigenvalue weighted by Crippen LogP contribution is 2.12. The minimum Gasteiger partial charge on any atom is -0.398 e. The molecule has 0 aliphatic carbocycles. The van der Waals surface area contributed by atoms with Crippen molar-refractivity contribution < 1.29 is 5.11 Å². The molecule has 0 aromatic heterocycles. The molecule has 0 unspecified atom stereocenters. The van der Waals surface area contributed by atoms with Crippen LogP contribution in [0, 0.1) is 11.3 Å². The molecule has 3 heteroatoms. The van der Waals surface area contributed by atoms with Gasteiger partial charge < -0.3 is 10.8 Å². The van der Waals surface area contributed by atoms with Crippen molar-refractivity contribution in [2.24, 2.45) is 0 Å². The Balaban J connectivity index is 2.99. The van der Waals surface area contributed by atoms with Gasteiger partial charge in [-0.05, 0) is 24.1 Å². The fourth-order valence-electron chi connectivity index (χ4n) is 0.985. The third-order valence-corrected chi connectivity index (χ3v) is 1.64. The van der Waals surface area contributed by atoms with Gasteiger partial charge in [0.1, 0.15) is 6.07 Å². The number of nitrogen functional groups attached to an aromatic ring is 1. The third kappa shape index (κ3) is 1.74. The second kappa shape index (κ2) is 3.74. The Bertz CT molecular complexity index is 315. The van der Waals surface area contributed by atoms with Crippen LogP contribution >= 0.6 is 0 Å². The predicted molar refractivity (Wildman–Crippen MR) is 46.4 cm³/mol. The Kier molecular flexibility index (Phi) is 2.67. The van der Waals surface area contributed by atoms with Crippen LogP contribution in [0.3, 0.4) is 0 Å². The molecule has 1 aromatic rings. The number of anilines is 1. The predicted octanol–water partition coefficient (Wildman–Crippen LogP) is 0.675. The number of hydrogen-bond acceptors (Lipinski definition) is 3. The molecule has 0 saturated heterocycles. The highest BCUT2D eigenvalue weighted by atomic mass is 16.2. The highest BCUT2D eigenvalue weighted by Gasteiger charge is 1.98. The number of nitriles is 1. The van der Waals surface area contributed by atoms with Crippen molar-refractivity contribution in [1.29, 1.82) is 5.26 Å². The van der Waals surface area contributed by atoms with Gasteiger partial charge in [0.25, 0.3) is 0 Å². The van der Waals surface area contributed by atoms with E-state index in [0.717, 1.165) is 5.56 Å². The lowest BCUT2D eigenvalue weighted by atomic mass is 10.1. The number of nitrogens with zero attached hydrogens (tertiary/aromatic N) is 1. The Morgan fingerprint density at radius 3 is 2.83 bits per heavy atom. The molecule has 0 fully saturated rings. The van der Waals surface area contributed by atoms with Crippen molar-refractivity contribution in [3.8, 4) is 6.07 Å². The lowest BCUT2D eigenvalue weighted by Gasteiger charge is -2.00. The van der Waals surface area contributed by atoms with Gasteiger partial charge in [-0.25, -0.2) is 0 Å². The second-order valence-corrected chi connectivity index (χ2v) is 2.51. The van der Waals surface area contributed by atoms with E-state index in [1.807, 2.05) is 12.1 Å². The molecule has 0 atom stereocenters. The van der Waals surface area contributed by atoms with Crippen molar-refractivity contribution in [2.75, 3.05) is 12.3 Å². The fraction of sp³-hybridized carbons (Fsp3) is 0.222. The summed E-state index contributed by atoms with van der Waals surface area (Å²) in [6.45, 7) is 0.0921. The number of benzene rings is 1. The summed E-state index contributed by atoms with van der Waals surface area (Å²) in [6, 6.07) is 7.18. The Morgan fingerprint density at radius 1 is 1.50 bits per heavy atom. The standard InChI is InChI=1S/C9H10N2O/c10-6-8-5-7(3-4-12)1-2-9(8)11/h1-2,5,12H,3-4,11H2. The van der Waals surface area contributed by atoms with Crippen LogP contribution in [0.1, 0.15) is 11.1 Å². The van der Waals surface area contributed by atoms with Crippen molar-refractivity contribution in [3.05, 3.63) is 29.3 Å². The Morgan fingerprint density at radius 2 is 2.25 bits per heavy atom. The highest BCUT2D eigenvalue weighted by molar-refractivity contribution is 5.55. The van der Waals surface area contributed by atoms with Crippen LogP contribution in [-0.2, 0) is 6.42 Å². The molecule has 12 heavy (non-hydrogen) atoms. The van der Waals surface area contributed by atoms with E-state index in [2.05, 4.69) is 0 Å². The molecule has 0 radical (unpaired) electrons. The smallest absolute Gasteiger partial charge is 0.101 e. The number of hydrogen-bond donors (Lipinski definition) is 2. The maximum absolute atomic E-state index is 8.64. The van der Waals surface area contributed by atoms with Crippen molar-refractivity contribution in [2.45, 2.75) is 6.42 Å². The molecule has 1 aromatic carbocycles. The summed E-state index contributed by atoms with van der Waals surface area (Å²) in [5, 5.41) is 17.3. The average Bonchev–Trinajstić information content (AvgIpc) is 2.09. The average molecular weight is 162 g/mol. The summed E-state index contributed by atoms with van der Waals surface area (Å²) >= 11 is 0. The first kappa shape index (κ1) is 8.57. The number of aliphatic hydroxyl groups is 1. The topological polar surface area (TPSA) is 70.0 Å². The number of aliphatic hydroxyl groups excluding tert-OH is 1. The van der Waals surface area contributed by atoms with E-state index in [1.54, 1.807) is 12.1 Å². The molecule has 3 nitrogen and oxygen atoms in total. The zero-order valence-electron chi connectivity index (χ0n) is 6.62. The van der Waals surface area contributed by atoms with Gasteiger partial charge in [0.05, 0.1) is 5.56 Å². The summed E-state index contributed by atoms with van der Waals surface area (Å²) in [6.07, 6.45) is 0.564. The lowest BCUT2D eigenvalue weighted by Crippen LogP contribution is -1.95.